The molecule has 8 nitrogen and oxygen atoms in total. The first-order valence-corrected chi connectivity index (χ1v) is 9.57. The average Bonchev–Trinajstić information content (AvgIpc) is 3.20. The van der Waals surface area contributed by atoms with Crippen LogP contribution in [0.1, 0.15) is 46.8 Å². The fourth-order valence-electron chi connectivity index (χ4n) is 3.00. The topological polar surface area (TPSA) is 98.2 Å². The van der Waals surface area contributed by atoms with Crippen LogP contribution in [0.15, 0.2) is 35.4 Å². The van der Waals surface area contributed by atoms with E-state index >= 15 is 0 Å². The van der Waals surface area contributed by atoms with Gasteiger partial charge in [0, 0.05) is 5.56 Å². The standard InChI is InChI=1S/C22H25N3O5/c1-13(2)17-8-16(14(3)7-19(17)28-4)10-24-25-21(26)11-23-22(27)15-5-6-18-20(9-15)30-12-29-18/h5-10,13H,11-12H2,1-4H3,(H,23,27)(H,25,26)/b24-10-. The van der Waals surface area contributed by atoms with Crippen LogP contribution in [0, 0.1) is 6.92 Å². The molecule has 2 amide bonds. The minimum atomic E-state index is -0.435. The molecule has 30 heavy (non-hydrogen) atoms. The number of benzene rings is 2. The Morgan fingerprint density at radius 2 is 1.97 bits per heavy atom. The van der Waals surface area contributed by atoms with Crippen molar-refractivity contribution in [2.75, 3.05) is 20.4 Å². The Kier molecular flexibility index (Phi) is 6.56. The van der Waals surface area contributed by atoms with Gasteiger partial charge in [0.25, 0.3) is 11.8 Å². The number of rotatable bonds is 7. The Morgan fingerprint density at radius 3 is 2.70 bits per heavy atom. The summed E-state index contributed by atoms with van der Waals surface area (Å²) < 4.78 is 15.9. The molecule has 0 aromatic heterocycles. The predicted octanol–water partition coefficient (Wildman–Crippen LogP) is 2.74. The first-order chi connectivity index (χ1) is 14.4. The Hall–Kier alpha value is -3.55. The lowest BCUT2D eigenvalue weighted by atomic mass is 9.97. The molecule has 2 N–H and O–H groups in total. The summed E-state index contributed by atoms with van der Waals surface area (Å²) in [6, 6.07) is 8.79. The summed E-state index contributed by atoms with van der Waals surface area (Å²) in [5.74, 6) is 1.39. The lowest BCUT2D eigenvalue weighted by Gasteiger charge is -2.14. The molecule has 8 heteroatoms. The van der Waals surface area contributed by atoms with E-state index in [0.29, 0.717) is 17.1 Å². The SMILES string of the molecule is COc1cc(C)c(/C=N\NC(=O)CNC(=O)c2ccc3c(c2)OCO3)cc1C(C)C. The van der Waals surface area contributed by atoms with Gasteiger partial charge in [-0.25, -0.2) is 5.43 Å². The molecule has 0 fully saturated rings. The second-order valence-corrected chi connectivity index (χ2v) is 7.15. The maximum Gasteiger partial charge on any atom is 0.259 e. The van der Waals surface area contributed by atoms with E-state index in [2.05, 4.69) is 29.7 Å². The van der Waals surface area contributed by atoms with Gasteiger partial charge in [-0.15, -0.1) is 0 Å². The maximum atomic E-state index is 12.2. The highest BCUT2D eigenvalue weighted by molar-refractivity contribution is 5.97. The fraction of sp³-hybridized carbons (Fsp3) is 0.318. The molecule has 1 heterocycles. The van der Waals surface area contributed by atoms with Crippen molar-refractivity contribution in [1.29, 1.82) is 0 Å². The zero-order chi connectivity index (χ0) is 21.7. The van der Waals surface area contributed by atoms with Gasteiger partial charge in [-0.3, -0.25) is 9.59 Å². The number of carbonyl (C=O) groups is 2. The molecule has 0 aliphatic carbocycles. The third kappa shape index (κ3) is 4.89. The Bertz CT molecular complexity index is 985. The van der Waals surface area contributed by atoms with E-state index in [1.807, 2.05) is 19.1 Å². The fourth-order valence-corrected chi connectivity index (χ4v) is 3.00. The second-order valence-electron chi connectivity index (χ2n) is 7.15. The first-order valence-electron chi connectivity index (χ1n) is 9.57. The number of amides is 2. The van der Waals surface area contributed by atoms with Crippen LogP contribution in [0.4, 0.5) is 0 Å². The highest BCUT2D eigenvalue weighted by Gasteiger charge is 2.16. The molecule has 2 aromatic rings. The average molecular weight is 411 g/mol. The van der Waals surface area contributed by atoms with Crippen LogP contribution >= 0.6 is 0 Å². The summed E-state index contributed by atoms with van der Waals surface area (Å²) >= 11 is 0. The van der Waals surface area contributed by atoms with Crippen molar-refractivity contribution in [2.45, 2.75) is 26.7 Å². The third-order valence-electron chi connectivity index (χ3n) is 4.68. The largest absolute Gasteiger partial charge is 0.496 e. The molecule has 3 rings (SSSR count). The predicted molar refractivity (Wildman–Crippen MR) is 112 cm³/mol. The van der Waals surface area contributed by atoms with Crippen LogP contribution in [0.5, 0.6) is 17.2 Å². The van der Waals surface area contributed by atoms with Crippen LogP contribution in [-0.2, 0) is 4.79 Å². The van der Waals surface area contributed by atoms with Crippen molar-refractivity contribution in [1.82, 2.24) is 10.7 Å². The van der Waals surface area contributed by atoms with Gasteiger partial charge in [-0.2, -0.15) is 5.10 Å². The monoisotopic (exact) mass is 411 g/mol. The molecule has 0 unspecified atom stereocenters. The molecule has 0 saturated heterocycles. The molecule has 0 saturated carbocycles. The van der Waals surface area contributed by atoms with Crippen molar-refractivity contribution in [2.24, 2.45) is 5.10 Å². The molecule has 0 bridgehead atoms. The number of carbonyl (C=O) groups excluding carboxylic acids is 2. The number of nitrogens with one attached hydrogen (secondary N) is 2. The Morgan fingerprint density at radius 1 is 1.20 bits per heavy atom. The van der Waals surface area contributed by atoms with Gasteiger partial charge in [0.05, 0.1) is 19.9 Å². The van der Waals surface area contributed by atoms with E-state index < -0.39 is 5.91 Å². The number of methoxy groups -OCH3 is 1. The van der Waals surface area contributed by atoms with Crippen LogP contribution in [0.2, 0.25) is 0 Å². The molecular formula is C22H25N3O5. The highest BCUT2D eigenvalue weighted by Crippen LogP contribution is 2.32. The van der Waals surface area contributed by atoms with Gasteiger partial charge < -0.3 is 19.5 Å². The summed E-state index contributed by atoms with van der Waals surface area (Å²) in [4.78, 5) is 24.2. The van der Waals surface area contributed by atoms with E-state index in [4.69, 9.17) is 14.2 Å². The van der Waals surface area contributed by atoms with Gasteiger partial charge in [-0.05, 0) is 59.9 Å². The summed E-state index contributed by atoms with van der Waals surface area (Å²) in [7, 11) is 1.65. The van der Waals surface area contributed by atoms with Crippen LogP contribution in [0.3, 0.4) is 0 Å². The van der Waals surface area contributed by atoms with Crippen molar-refractivity contribution in [3.05, 3.63) is 52.6 Å². The number of nitrogens with zero attached hydrogens (tertiary/aromatic N) is 1. The summed E-state index contributed by atoms with van der Waals surface area (Å²) in [5.41, 5.74) is 5.72. The van der Waals surface area contributed by atoms with Crippen LogP contribution < -0.4 is 25.0 Å². The van der Waals surface area contributed by atoms with Gasteiger partial charge in [0.2, 0.25) is 6.79 Å². The van der Waals surface area contributed by atoms with Gasteiger partial charge in [-0.1, -0.05) is 13.8 Å². The van der Waals surface area contributed by atoms with Crippen molar-refractivity contribution < 1.29 is 23.8 Å². The van der Waals surface area contributed by atoms with E-state index in [1.54, 1.807) is 31.5 Å². The molecule has 2 aromatic carbocycles. The van der Waals surface area contributed by atoms with E-state index in [0.717, 1.165) is 22.4 Å². The number of hydrogen-bond acceptors (Lipinski definition) is 6. The third-order valence-corrected chi connectivity index (χ3v) is 4.68. The molecular weight excluding hydrogens is 386 g/mol. The van der Waals surface area contributed by atoms with Gasteiger partial charge in [0.1, 0.15) is 5.75 Å². The van der Waals surface area contributed by atoms with Crippen LogP contribution in [0.25, 0.3) is 0 Å². The Balaban J connectivity index is 1.55. The van der Waals surface area contributed by atoms with Crippen molar-refractivity contribution in [3.8, 4) is 17.2 Å². The zero-order valence-corrected chi connectivity index (χ0v) is 17.4. The number of fused-ring (bicyclic) bond motifs is 1. The highest BCUT2D eigenvalue weighted by atomic mass is 16.7. The summed E-state index contributed by atoms with van der Waals surface area (Å²) in [6.07, 6.45) is 1.58. The maximum absolute atomic E-state index is 12.2. The molecule has 1 aliphatic heterocycles. The van der Waals surface area contributed by atoms with E-state index in [9.17, 15) is 9.59 Å². The number of ether oxygens (including phenoxy) is 3. The molecule has 0 atom stereocenters. The molecule has 0 spiro atoms. The minimum absolute atomic E-state index is 0.132. The quantitative estimate of drug-likeness (QED) is 0.539. The van der Waals surface area contributed by atoms with E-state index in [1.165, 1.54) is 0 Å². The lowest BCUT2D eigenvalue weighted by Crippen LogP contribution is -2.34. The molecule has 1 aliphatic rings. The normalized spacial score (nSPS) is 12.3. The lowest BCUT2D eigenvalue weighted by molar-refractivity contribution is -0.120. The van der Waals surface area contributed by atoms with Gasteiger partial charge >= 0.3 is 0 Å². The van der Waals surface area contributed by atoms with Gasteiger partial charge in [0.15, 0.2) is 11.5 Å². The number of aryl methyl sites for hydroxylation is 1. The summed E-state index contributed by atoms with van der Waals surface area (Å²) in [6.45, 7) is 6.04. The Labute approximate surface area is 175 Å². The molecule has 158 valence electrons. The first kappa shape index (κ1) is 21.2. The summed E-state index contributed by atoms with van der Waals surface area (Å²) in [5, 5.41) is 6.55. The second kappa shape index (κ2) is 9.30. The number of hydrazone groups is 1. The van der Waals surface area contributed by atoms with Crippen molar-refractivity contribution in [3.63, 3.8) is 0 Å². The molecule has 0 radical (unpaired) electrons. The van der Waals surface area contributed by atoms with E-state index in [-0.39, 0.29) is 25.2 Å². The zero-order valence-electron chi connectivity index (χ0n) is 17.4. The smallest absolute Gasteiger partial charge is 0.259 e. The number of hydrogen-bond donors (Lipinski definition) is 2. The van der Waals surface area contributed by atoms with Crippen LogP contribution in [-0.4, -0.2) is 38.5 Å². The minimum Gasteiger partial charge on any atom is -0.496 e. The van der Waals surface area contributed by atoms with Crippen molar-refractivity contribution >= 4 is 18.0 Å².